The Morgan fingerprint density at radius 1 is 1.15 bits per heavy atom. The number of hydrogen-bond acceptors (Lipinski definition) is 4. The number of benzene rings is 2. The van der Waals surface area contributed by atoms with Gasteiger partial charge < -0.3 is 14.1 Å². The highest BCUT2D eigenvalue weighted by Crippen LogP contribution is 2.36. The molecule has 0 saturated carbocycles. The van der Waals surface area contributed by atoms with E-state index in [0.29, 0.717) is 24.6 Å². The fraction of sp³-hybridized carbons (Fsp3) is 0.393. The fourth-order valence-corrected chi connectivity index (χ4v) is 4.89. The van der Waals surface area contributed by atoms with Crippen molar-refractivity contribution in [2.24, 2.45) is 11.8 Å². The first-order valence-corrected chi connectivity index (χ1v) is 11.9. The summed E-state index contributed by atoms with van der Waals surface area (Å²) in [4.78, 5) is 17.7. The summed E-state index contributed by atoms with van der Waals surface area (Å²) < 4.78 is 24.5. The Morgan fingerprint density at radius 3 is 2.62 bits per heavy atom. The van der Waals surface area contributed by atoms with Crippen LogP contribution in [-0.4, -0.2) is 49.0 Å². The second-order valence-corrected chi connectivity index (χ2v) is 9.53. The van der Waals surface area contributed by atoms with E-state index in [1.807, 2.05) is 29.2 Å². The van der Waals surface area contributed by atoms with Gasteiger partial charge in [-0.1, -0.05) is 26.0 Å². The van der Waals surface area contributed by atoms with Crippen molar-refractivity contribution in [3.63, 3.8) is 0 Å². The maximum atomic E-state index is 13.4. The van der Waals surface area contributed by atoms with Crippen LogP contribution in [0.5, 0.6) is 5.75 Å². The number of amides is 1. The minimum atomic E-state index is -0.339. The topological polar surface area (TPSA) is 45.9 Å². The lowest BCUT2D eigenvalue weighted by molar-refractivity contribution is 0.0703. The molecule has 0 spiro atoms. The van der Waals surface area contributed by atoms with Crippen LogP contribution in [0.2, 0.25) is 0 Å². The standard InChI is InChI=1S/C28H33FN2O3/c1-20(2)15-31(28(32)21-9-11-24(29)12-10-21)17-23-16-30(18-26-8-5-13-34-26)19-27(23)22-6-4-7-25(14-22)33-3/h4-14,20,23,27H,15-19H2,1-3H3/t23-,27-/m0/s1. The Labute approximate surface area is 201 Å². The van der Waals surface area contributed by atoms with Crippen LogP contribution in [-0.2, 0) is 6.54 Å². The molecule has 0 unspecified atom stereocenters. The number of ether oxygens (including phenoxy) is 1. The molecule has 1 aliphatic heterocycles. The number of rotatable bonds is 9. The third-order valence-electron chi connectivity index (χ3n) is 6.42. The van der Waals surface area contributed by atoms with Crippen LogP contribution in [0, 0.1) is 17.7 Å². The Morgan fingerprint density at radius 2 is 1.94 bits per heavy atom. The SMILES string of the molecule is COc1cccc([C@@H]2CN(Cc3ccco3)C[C@H]2CN(CC(C)C)C(=O)c2ccc(F)cc2)c1. The van der Waals surface area contributed by atoms with Crippen LogP contribution in [0.15, 0.2) is 71.3 Å². The van der Waals surface area contributed by atoms with Crippen LogP contribution in [0.3, 0.4) is 0 Å². The van der Waals surface area contributed by atoms with Gasteiger partial charge in [0.05, 0.1) is 19.9 Å². The highest BCUT2D eigenvalue weighted by molar-refractivity contribution is 5.94. The molecule has 2 atom stereocenters. The van der Waals surface area contributed by atoms with E-state index < -0.39 is 0 Å². The molecule has 3 aromatic rings. The van der Waals surface area contributed by atoms with E-state index in [0.717, 1.165) is 31.1 Å². The van der Waals surface area contributed by atoms with Gasteiger partial charge in [0.2, 0.25) is 0 Å². The van der Waals surface area contributed by atoms with E-state index in [1.165, 1.54) is 17.7 Å². The van der Waals surface area contributed by atoms with Gasteiger partial charge in [-0.3, -0.25) is 9.69 Å². The Kier molecular flexibility index (Phi) is 7.68. The molecule has 6 heteroatoms. The Balaban J connectivity index is 1.59. The molecule has 0 N–H and O–H groups in total. The first-order chi connectivity index (χ1) is 16.4. The largest absolute Gasteiger partial charge is 0.497 e. The van der Waals surface area contributed by atoms with Gasteiger partial charge in [-0.05, 0) is 65.9 Å². The van der Waals surface area contributed by atoms with Crippen molar-refractivity contribution in [1.29, 1.82) is 0 Å². The van der Waals surface area contributed by atoms with Gasteiger partial charge in [-0.2, -0.15) is 0 Å². The molecular weight excluding hydrogens is 431 g/mol. The van der Waals surface area contributed by atoms with E-state index >= 15 is 0 Å². The summed E-state index contributed by atoms with van der Waals surface area (Å²) in [6, 6.07) is 18.0. The van der Waals surface area contributed by atoms with E-state index in [-0.39, 0.29) is 23.6 Å². The first kappa shape index (κ1) is 24.0. The van der Waals surface area contributed by atoms with Gasteiger partial charge in [-0.25, -0.2) is 4.39 Å². The molecule has 0 radical (unpaired) electrons. The van der Waals surface area contributed by atoms with Crippen LogP contribution in [0.25, 0.3) is 0 Å². The Hall–Kier alpha value is -3.12. The second kappa shape index (κ2) is 10.9. The molecule has 180 valence electrons. The van der Waals surface area contributed by atoms with Gasteiger partial charge >= 0.3 is 0 Å². The molecule has 2 aromatic carbocycles. The number of carbonyl (C=O) groups excluding carboxylic acids is 1. The zero-order valence-corrected chi connectivity index (χ0v) is 20.1. The third-order valence-corrected chi connectivity index (χ3v) is 6.42. The molecule has 0 aliphatic carbocycles. The van der Waals surface area contributed by atoms with Gasteiger partial charge in [0.25, 0.3) is 5.91 Å². The molecule has 5 nitrogen and oxygen atoms in total. The average molecular weight is 465 g/mol. The molecule has 1 fully saturated rings. The fourth-order valence-electron chi connectivity index (χ4n) is 4.89. The predicted molar refractivity (Wildman–Crippen MR) is 130 cm³/mol. The lowest BCUT2D eigenvalue weighted by Gasteiger charge is -2.30. The molecular formula is C28H33FN2O3. The predicted octanol–water partition coefficient (Wildman–Crippen LogP) is 5.44. The first-order valence-electron chi connectivity index (χ1n) is 11.9. The van der Waals surface area contributed by atoms with Gasteiger partial charge in [0.15, 0.2) is 0 Å². The number of methoxy groups -OCH3 is 1. The monoisotopic (exact) mass is 464 g/mol. The Bertz CT molecular complexity index is 1070. The number of likely N-dealkylation sites (tertiary alicyclic amines) is 1. The average Bonchev–Trinajstić information content (AvgIpc) is 3.48. The maximum Gasteiger partial charge on any atom is 0.253 e. The molecule has 1 aromatic heterocycles. The van der Waals surface area contributed by atoms with E-state index in [9.17, 15) is 9.18 Å². The number of halogens is 1. The summed E-state index contributed by atoms with van der Waals surface area (Å²) in [6.45, 7) is 7.97. The summed E-state index contributed by atoms with van der Waals surface area (Å²) in [5.41, 5.74) is 1.73. The van der Waals surface area contributed by atoms with Crippen LogP contribution in [0.1, 0.15) is 41.4 Å². The van der Waals surface area contributed by atoms with Gasteiger partial charge in [0, 0.05) is 37.7 Å². The minimum absolute atomic E-state index is 0.0532. The van der Waals surface area contributed by atoms with Crippen LogP contribution < -0.4 is 4.74 Å². The zero-order valence-electron chi connectivity index (χ0n) is 20.1. The number of hydrogen-bond donors (Lipinski definition) is 0. The smallest absolute Gasteiger partial charge is 0.253 e. The highest BCUT2D eigenvalue weighted by atomic mass is 19.1. The summed E-state index contributed by atoms with van der Waals surface area (Å²) in [5, 5.41) is 0. The molecule has 4 rings (SSSR count). The maximum absolute atomic E-state index is 13.4. The summed E-state index contributed by atoms with van der Waals surface area (Å²) in [5.74, 6) is 2.19. The van der Waals surface area contributed by atoms with Gasteiger partial charge in [-0.15, -0.1) is 0 Å². The van der Waals surface area contributed by atoms with Crippen molar-refractivity contribution < 1.29 is 18.3 Å². The van der Waals surface area contributed by atoms with Crippen molar-refractivity contribution in [3.8, 4) is 5.75 Å². The summed E-state index contributed by atoms with van der Waals surface area (Å²) >= 11 is 0. The van der Waals surface area contributed by atoms with Gasteiger partial charge in [0.1, 0.15) is 17.3 Å². The third kappa shape index (κ3) is 5.86. The summed E-state index contributed by atoms with van der Waals surface area (Å²) in [6.07, 6.45) is 1.70. The van der Waals surface area contributed by atoms with E-state index in [4.69, 9.17) is 9.15 Å². The lowest BCUT2D eigenvalue weighted by atomic mass is 9.88. The number of nitrogens with zero attached hydrogens (tertiary/aromatic N) is 2. The number of carbonyl (C=O) groups is 1. The van der Waals surface area contributed by atoms with Crippen molar-refractivity contribution in [2.45, 2.75) is 26.3 Å². The highest BCUT2D eigenvalue weighted by Gasteiger charge is 2.36. The van der Waals surface area contributed by atoms with Crippen molar-refractivity contribution >= 4 is 5.91 Å². The van der Waals surface area contributed by atoms with E-state index in [2.05, 4.69) is 30.9 Å². The van der Waals surface area contributed by atoms with Crippen LogP contribution in [0.4, 0.5) is 4.39 Å². The van der Waals surface area contributed by atoms with Crippen molar-refractivity contribution in [2.75, 3.05) is 33.3 Å². The van der Waals surface area contributed by atoms with Crippen molar-refractivity contribution in [3.05, 3.63) is 89.6 Å². The quantitative estimate of drug-likeness (QED) is 0.423. The molecule has 1 aliphatic rings. The molecule has 1 amide bonds. The van der Waals surface area contributed by atoms with Crippen molar-refractivity contribution in [1.82, 2.24) is 9.80 Å². The minimum Gasteiger partial charge on any atom is -0.497 e. The van der Waals surface area contributed by atoms with E-state index in [1.54, 1.807) is 25.5 Å². The lowest BCUT2D eigenvalue weighted by Crippen LogP contribution is -2.39. The molecule has 2 heterocycles. The zero-order chi connectivity index (χ0) is 24.1. The summed E-state index contributed by atoms with van der Waals surface area (Å²) in [7, 11) is 1.68. The number of furan rings is 1. The molecule has 34 heavy (non-hydrogen) atoms. The molecule has 0 bridgehead atoms. The second-order valence-electron chi connectivity index (χ2n) is 9.53. The van der Waals surface area contributed by atoms with Crippen LogP contribution >= 0.6 is 0 Å². The molecule has 1 saturated heterocycles. The normalized spacial score (nSPS) is 18.4.